The summed E-state index contributed by atoms with van der Waals surface area (Å²) in [5.74, 6) is 0.171. The molecule has 0 aromatic heterocycles. The number of hydrogen-bond donors (Lipinski definition) is 3. The van der Waals surface area contributed by atoms with Crippen molar-refractivity contribution in [2.24, 2.45) is 11.7 Å². The van der Waals surface area contributed by atoms with Crippen molar-refractivity contribution in [2.75, 3.05) is 11.9 Å². The highest BCUT2D eigenvalue weighted by Gasteiger charge is 2.29. The lowest BCUT2D eigenvalue weighted by Crippen LogP contribution is -2.42. The lowest BCUT2D eigenvalue weighted by molar-refractivity contribution is -0.125. The number of ketones is 1. The fourth-order valence-electron chi connectivity index (χ4n) is 3.71. The number of Topliss-reactive ketones (excluding diaryl/α,β-unsaturated/α-hetero) is 1. The van der Waals surface area contributed by atoms with Gasteiger partial charge in [0.15, 0.2) is 5.78 Å². The summed E-state index contributed by atoms with van der Waals surface area (Å²) in [6, 6.07) is 7.85. The molecule has 1 aromatic carbocycles. The van der Waals surface area contributed by atoms with Crippen LogP contribution < -0.4 is 16.4 Å². The van der Waals surface area contributed by atoms with Crippen molar-refractivity contribution in [2.45, 2.75) is 82.3 Å². The Balaban J connectivity index is 0.000000411. The molecule has 0 saturated carbocycles. The van der Waals surface area contributed by atoms with Gasteiger partial charge >= 0.3 is 0 Å². The minimum absolute atomic E-state index is 0.000546. The topological polar surface area (TPSA) is 93.5 Å². The summed E-state index contributed by atoms with van der Waals surface area (Å²) < 4.78 is 4.93. The van der Waals surface area contributed by atoms with Gasteiger partial charge in [-0.05, 0) is 50.3 Å². The van der Waals surface area contributed by atoms with Gasteiger partial charge in [0.25, 0.3) is 5.91 Å². The first-order valence-electron chi connectivity index (χ1n) is 11.9. The first-order valence-corrected chi connectivity index (χ1v) is 12.8. The number of nitrogens with one attached hydrogen (secondary N) is 2. The molecule has 3 unspecified atom stereocenters. The molecule has 6 nitrogen and oxygen atoms in total. The molecule has 4 atom stereocenters. The Bertz CT molecular complexity index is 847. The number of nitrogens with two attached hydrogens (primary N) is 1. The van der Waals surface area contributed by atoms with E-state index >= 15 is 0 Å². The van der Waals surface area contributed by atoms with Crippen LogP contribution in [0.5, 0.6) is 0 Å². The lowest BCUT2D eigenvalue weighted by atomic mass is 9.98. The molecule has 1 fully saturated rings. The van der Waals surface area contributed by atoms with Crippen LogP contribution in [0, 0.1) is 5.92 Å². The van der Waals surface area contributed by atoms with Gasteiger partial charge in [0.1, 0.15) is 6.23 Å². The number of carbonyl (C=O) groups excluding carboxylic acids is 2. The number of ether oxygens (including phenoxy) is 1. The Morgan fingerprint density at radius 1 is 1.27 bits per heavy atom. The van der Waals surface area contributed by atoms with E-state index in [2.05, 4.69) is 28.8 Å². The SMILES string of the molecule is CC.CC(=O)[C@H](CC(C)C)NC(=O)C1=CC2Nc3ccccc3SC2C=C1.NC1CCCO1. The molecule has 4 rings (SSSR count). The average molecular weight is 474 g/mol. The number of fused-ring (bicyclic) bond motifs is 2. The van der Waals surface area contributed by atoms with E-state index in [1.165, 1.54) is 11.8 Å². The van der Waals surface area contributed by atoms with E-state index in [0.29, 0.717) is 17.9 Å². The van der Waals surface area contributed by atoms with Crippen molar-refractivity contribution in [3.8, 4) is 0 Å². The second kappa shape index (κ2) is 13.6. The minimum atomic E-state index is -0.422. The zero-order chi connectivity index (χ0) is 24.4. The summed E-state index contributed by atoms with van der Waals surface area (Å²) in [5, 5.41) is 6.66. The summed E-state index contributed by atoms with van der Waals surface area (Å²) in [4.78, 5) is 25.6. The zero-order valence-electron chi connectivity index (χ0n) is 20.5. The summed E-state index contributed by atoms with van der Waals surface area (Å²) in [6.45, 7) is 10.5. The van der Waals surface area contributed by atoms with Gasteiger partial charge in [-0.25, -0.2) is 0 Å². The maximum absolute atomic E-state index is 12.6. The number of benzene rings is 1. The highest BCUT2D eigenvalue weighted by Crippen LogP contribution is 2.40. The molecule has 1 aromatic rings. The molecule has 1 aliphatic carbocycles. The van der Waals surface area contributed by atoms with Crippen LogP contribution in [0.2, 0.25) is 0 Å². The van der Waals surface area contributed by atoms with Crippen molar-refractivity contribution in [1.29, 1.82) is 0 Å². The number of para-hydroxylation sites is 1. The van der Waals surface area contributed by atoms with Gasteiger partial charge in [0, 0.05) is 22.8 Å². The fraction of sp³-hybridized carbons (Fsp3) is 0.538. The van der Waals surface area contributed by atoms with E-state index in [-0.39, 0.29) is 29.2 Å². The average Bonchev–Trinajstić information content (AvgIpc) is 3.29. The highest BCUT2D eigenvalue weighted by molar-refractivity contribution is 8.00. The summed E-state index contributed by atoms with van der Waals surface area (Å²) in [6.07, 6.45) is 8.79. The van der Waals surface area contributed by atoms with Crippen LogP contribution in [-0.2, 0) is 14.3 Å². The van der Waals surface area contributed by atoms with E-state index in [4.69, 9.17) is 10.5 Å². The molecule has 2 heterocycles. The number of anilines is 1. The Morgan fingerprint density at radius 2 is 2.00 bits per heavy atom. The van der Waals surface area contributed by atoms with Crippen LogP contribution >= 0.6 is 11.8 Å². The van der Waals surface area contributed by atoms with Crippen LogP contribution in [0.4, 0.5) is 5.69 Å². The smallest absolute Gasteiger partial charge is 0.251 e. The third-order valence-corrected chi connectivity index (χ3v) is 6.71. The molecule has 1 amide bonds. The van der Waals surface area contributed by atoms with Gasteiger partial charge in [-0.1, -0.05) is 52.0 Å². The van der Waals surface area contributed by atoms with Gasteiger partial charge in [-0.3, -0.25) is 9.59 Å². The number of thioether (sulfide) groups is 1. The predicted octanol–water partition coefficient (Wildman–Crippen LogP) is 4.67. The number of carbonyl (C=O) groups is 2. The van der Waals surface area contributed by atoms with Crippen LogP contribution in [0.25, 0.3) is 0 Å². The second-order valence-electron chi connectivity index (χ2n) is 8.55. The van der Waals surface area contributed by atoms with Crippen LogP contribution in [0.1, 0.15) is 53.9 Å². The molecule has 4 N–H and O–H groups in total. The van der Waals surface area contributed by atoms with E-state index < -0.39 is 6.04 Å². The Kier molecular flexibility index (Phi) is 11.2. The van der Waals surface area contributed by atoms with Gasteiger partial charge in [0.2, 0.25) is 0 Å². The molecule has 0 radical (unpaired) electrons. The molecule has 33 heavy (non-hydrogen) atoms. The molecule has 3 aliphatic rings. The molecular weight excluding hydrogens is 434 g/mol. The number of hydrogen-bond acceptors (Lipinski definition) is 6. The van der Waals surface area contributed by atoms with Crippen LogP contribution in [-0.4, -0.2) is 41.9 Å². The molecule has 0 bridgehead atoms. The van der Waals surface area contributed by atoms with Crippen molar-refractivity contribution in [1.82, 2.24) is 5.32 Å². The maximum Gasteiger partial charge on any atom is 0.251 e. The molecule has 7 heteroatoms. The zero-order valence-corrected chi connectivity index (χ0v) is 21.3. The van der Waals surface area contributed by atoms with E-state index in [1.807, 2.05) is 52.0 Å². The highest BCUT2D eigenvalue weighted by atomic mass is 32.2. The third kappa shape index (κ3) is 8.32. The first-order chi connectivity index (χ1) is 15.8. The second-order valence-corrected chi connectivity index (χ2v) is 9.77. The molecule has 182 valence electrons. The molecular formula is C26H39N3O3S. The first kappa shape index (κ1) is 27.2. The Hall–Kier alpha value is -2.09. The lowest BCUT2D eigenvalue weighted by Gasteiger charge is -2.33. The quantitative estimate of drug-likeness (QED) is 0.576. The van der Waals surface area contributed by atoms with E-state index in [0.717, 1.165) is 25.1 Å². The fourth-order valence-corrected chi connectivity index (χ4v) is 4.86. The van der Waals surface area contributed by atoms with Crippen molar-refractivity contribution >= 4 is 29.1 Å². The monoisotopic (exact) mass is 473 g/mol. The van der Waals surface area contributed by atoms with Crippen molar-refractivity contribution in [3.63, 3.8) is 0 Å². The van der Waals surface area contributed by atoms with Crippen LogP contribution in [0.15, 0.2) is 53.0 Å². The summed E-state index contributed by atoms with van der Waals surface area (Å²) in [7, 11) is 0. The van der Waals surface area contributed by atoms with Crippen molar-refractivity contribution < 1.29 is 14.3 Å². The standard InChI is InChI=1S/C20H24N2O2S.C4H9NO.C2H6/c1-12(2)10-16(13(3)23)22-20(24)14-8-9-19-17(11-14)21-15-6-4-5-7-18(15)25-19;5-4-2-1-3-6-4;1-2/h4-9,11-12,16-17,19,21H,10H2,1-3H3,(H,22,24);4H,1-3,5H2;1-2H3/t16-,17?,19?;;/m0../s1. The number of amides is 1. The third-order valence-electron chi connectivity index (χ3n) is 5.38. The van der Waals surface area contributed by atoms with Gasteiger partial charge in [-0.15, -0.1) is 11.8 Å². The molecule has 0 spiro atoms. The minimum Gasteiger partial charge on any atom is -0.376 e. The Labute approximate surface area is 202 Å². The predicted molar refractivity (Wildman–Crippen MR) is 137 cm³/mol. The van der Waals surface area contributed by atoms with Gasteiger partial charge in [0.05, 0.1) is 17.3 Å². The van der Waals surface area contributed by atoms with E-state index in [9.17, 15) is 9.59 Å². The number of rotatable bonds is 5. The summed E-state index contributed by atoms with van der Waals surface area (Å²) >= 11 is 1.80. The van der Waals surface area contributed by atoms with Gasteiger partial charge < -0.3 is 21.1 Å². The Morgan fingerprint density at radius 3 is 2.58 bits per heavy atom. The summed E-state index contributed by atoms with van der Waals surface area (Å²) in [5.41, 5.74) is 7.03. The molecule has 2 aliphatic heterocycles. The molecule has 1 saturated heterocycles. The van der Waals surface area contributed by atoms with Crippen LogP contribution in [0.3, 0.4) is 0 Å². The van der Waals surface area contributed by atoms with Gasteiger partial charge in [-0.2, -0.15) is 0 Å². The van der Waals surface area contributed by atoms with Crippen molar-refractivity contribution in [3.05, 3.63) is 48.1 Å². The maximum atomic E-state index is 12.6. The normalized spacial score (nSPS) is 23.4. The largest absolute Gasteiger partial charge is 0.376 e. The van der Waals surface area contributed by atoms with E-state index in [1.54, 1.807) is 11.8 Å².